The zero-order chi connectivity index (χ0) is 21.4. The molecule has 31 heavy (non-hydrogen) atoms. The molecule has 2 heterocycles. The Hall–Kier alpha value is -3.31. The molecular weight excluding hydrogens is 450 g/mol. The topological polar surface area (TPSA) is 37.3 Å². The third-order valence-corrected chi connectivity index (χ3v) is 6.42. The van der Waals surface area contributed by atoms with Crippen molar-refractivity contribution >= 4 is 27.6 Å². The molecule has 0 saturated carbocycles. The number of carbonyl (C=O) groups excluding carboxylic acids is 1. The highest BCUT2D eigenvalue weighted by molar-refractivity contribution is 9.10. The summed E-state index contributed by atoms with van der Waals surface area (Å²) >= 11 is 3.54. The Kier molecular flexibility index (Phi) is 5.12. The molecule has 4 nitrogen and oxygen atoms in total. The van der Waals surface area contributed by atoms with E-state index < -0.39 is 0 Å². The number of nitrogens with one attached hydrogen (secondary N) is 1. The van der Waals surface area contributed by atoms with Gasteiger partial charge in [-0.05, 0) is 64.3 Å². The summed E-state index contributed by atoms with van der Waals surface area (Å²) in [6, 6.07) is 28.2. The fourth-order valence-electron chi connectivity index (χ4n) is 4.19. The number of halogens is 1. The molecule has 0 bridgehead atoms. The van der Waals surface area contributed by atoms with Crippen LogP contribution in [0.3, 0.4) is 0 Å². The molecule has 1 aromatic heterocycles. The van der Waals surface area contributed by atoms with Gasteiger partial charge < -0.3 is 14.8 Å². The van der Waals surface area contributed by atoms with Crippen molar-refractivity contribution in [3.05, 3.63) is 118 Å². The van der Waals surface area contributed by atoms with Gasteiger partial charge in [0.2, 0.25) is 0 Å². The lowest BCUT2D eigenvalue weighted by atomic mass is 10.0. The Bertz CT molecular complexity index is 1250. The predicted molar refractivity (Wildman–Crippen MR) is 127 cm³/mol. The molecule has 0 saturated heterocycles. The van der Waals surface area contributed by atoms with Crippen LogP contribution in [-0.2, 0) is 6.54 Å². The normalized spacial score (nSPS) is 15.0. The van der Waals surface area contributed by atoms with Gasteiger partial charge in [-0.15, -0.1) is 0 Å². The summed E-state index contributed by atoms with van der Waals surface area (Å²) in [5, 5.41) is 3.10. The van der Waals surface area contributed by atoms with E-state index in [1.165, 1.54) is 5.56 Å². The monoisotopic (exact) mass is 471 g/mol. The lowest BCUT2D eigenvalue weighted by molar-refractivity contribution is 0.194. The lowest BCUT2D eigenvalue weighted by Gasteiger charge is -2.31. The highest BCUT2D eigenvalue weighted by atomic mass is 79.9. The van der Waals surface area contributed by atoms with E-state index >= 15 is 0 Å². The van der Waals surface area contributed by atoms with Crippen molar-refractivity contribution in [1.29, 1.82) is 0 Å². The van der Waals surface area contributed by atoms with Crippen molar-refractivity contribution in [3.8, 4) is 5.69 Å². The van der Waals surface area contributed by atoms with Crippen molar-refractivity contribution in [2.24, 2.45) is 0 Å². The van der Waals surface area contributed by atoms with Gasteiger partial charge in [0.25, 0.3) is 0 Å². The van der Waals surface area contributed by atoms with E-state index in [0.29, 0.717) is 6.54 Å². The van der Waals surface area contributed by atoms with Gasteiger partial charge in [-0.3, -0.25) is 0 Å². The third-order valence-electron chi connectivity index (χ3n) is 5.73. The Morgan fingerprint density at radius 2 is 1.68 bits per heavy atom. The summed E-state index contributed by atoms with van der Waals surface area (Å²) in [6.45, 7) is 2.58. The van der Waals surface area contributed by atoms with Crippen LogP contribution in [-0.4, -0.2) is 15.5 Å². The van der Waals surface area contributed by atoms with Gasteiger partial charge in [0.05, 0.1) is 24.0 Å². The smallest absolute Gasteiger partial charge is 0.318 e. The Balaban J connectivity index is 1.64. The Morgan fingerprint density at radius 3 is 2.48 bits per heavy atom. The van der Waals surface area contributed by atoms with Gasteiger partial charge in [0.15, 0.2) is 0 Å². The average Bonchev–Trinajstić information content (AvgIpc) is 3.20. The van der Waals surface area contributed by atoms with Gasteiger partial charge >= 0.3 is 6.03 Å². The molecule has 0 fully saturated rings. The van der Waals surface area contributed by atoms with Crippen LogP contribution >= 0.6 is 15.9 Å². The van der Waals surface area contributed by atoms with E-state index in [0.717, 1.165) is 32.7 Å². The molecule has 0 unspecified atom stereocenters. The molecule has 1 atom stereocenters. The average molecular weight is 472 g/mol. The van der Waals surface area contributed by atoms with Crippen molar-refractivity contribution in [3.63, 3.8) is 0 Å². The molecule has 3 aromatic carbocycles. The van der Waals surface area contributed by atoms with Gasteiger partial charge in [-0.2, -0.15) is 0 Å². The van der Waals surface area contributed by atoms with Crippen LogP contribution in [0.5, 0.6) is 0 Å². The van der Waals surface area contributed by atoms with E-state index in [-0.39, 0.29) is 12.1 Å². The fourth-order valence-corrected chi connectivity index (χ4v) is 4.57. The second kappa shape index (κ2) is 8.08. The van der Waals surface area contributed by atoms with E-state index in [1.807, 2.05) is 47.4 Å². The molecule has 1 aliphatic heterocycles. The van der Waals surface area contributed by atoms with Crippen molar-refractivity contribution in [2.45, 2.75) is 19.5 Å². The Morgan fingerprint density at radius 1 is 0.935 bits per heavy atom. The summed E-state index contributed by atoms with van der Waals surface area (Å²) in [5.74, 6) is 0. The number of anilines is 1. The van der Waals surface area contributed by atoms with E-state index in [4.69, 9.17) is 0 Å². The molecular formula is C26H22BrN3O. The second-order valence-corrected chi connectivity index (χ2v) is 8.64. The van der Waals surface area contributed by atoms with E-state index in [9.17, 15) is 4.79 Å². The first-order valence-electron chi connectivity index (χ1n) is 10.3. The first kappa shape index (κ1) is 19.6. The van der Waals surface area contributed by atoms with E-state index in [2.05, 4.69) is 81.4 Å². The Labute approximate surface area is 190 Å². The summed E-state index contributed by atoms with van der Waals surface area (Å²) in [7, 11) is 0. The molecule has 1 aliphatic rings. The summed E-state index contributed by atoms with van der Waals surface area (Å²) in [6.07, 6.45) is 2.07. The molecule has 0 spiro atoms. The van der Waals surface area contributed by atoms with Gasteiger partial charge in [0, 0.05) is 16.4 Å². The summed E-state index contributed by atoms with van der Waals surface area (Å²) in [5.41, 5.74) is 6.31. The number of benzene rings is 3. The van der Waals surface area contributed by atoms with Crippen molar-refractivity contribution < 1.29 is 4.79 Å². The minimum Gasteiger partial charge on any atom is -0.318 e. The van der Waals surface area contributed by atoms with Gasteiger partial charge in [-0.25, -0.2) is 4.79 Å². The summed E-state index contributed by atoms with van der Waals surface area (Å²) < 4.78 is 3.06. The number of hydrogen-bond acceptors (Lipinski definition) is 1. The van der Waals surface area contributed by atoms with Crippen LogP contribution in [0.1, 0.15) is 28.4 Å². The van der Waals surface area contributed by atoms with Crippen LogP contribution in [0, 0.1) is 6.92 Å². The van der Waals surface area contributed by atoms with Crippen LogP contribution < -0.4 is 5.32 Å². The number of nitrogens with zero attached hydrogens (tertiary/aromatic N) is 2. The largest absolute Gasteiger partial charge is 0.323 e. The number of urea groups is 1. The van der Waals surface area contributed by atoms with Gasteiger partial charge in [0.1, 0.15) is 0 Å². The maximum absolute atomic E-state index is 13.6. The minimum atomic E-state index is -0.217. The van der Waals surface area contributed by atoms with Crippen LogP contribution in [0.4, 0.5) is 10.5 Å². The number of carbonyl (C=O) groups is 1. The number of fused-ring (bicyclic) bond motifs is 3. The zero-order valence-electron chi connectivity index (χ0n) is 17.1. The highest BCUT2D eigenvalue weighted by Gasteiger charge is 2.33. The van der Waals surface area contributed by atoms with E-state index in [1.54, 1.807) is 0 Å². The second-order valence-electron chi connectivity index (χ2n) is 7.78. The lowest BCUT2D eigenvalue weighted by Crippen LogP contribution is -2.38. The standard InChI is InChI=1S/C26H22BrN3O/c1-18-12-14-19(15-13-18)25-24-11-6-16-29(24)23-10-5-2-7-20(23)17-30(25)26(31)28-22-9-4-3-8-21(22)27/h2-16,25H,17H2,1H3,(H,28,31)/t25-/m1/s1. The molecule has 5 rings (SSSR count). The molecule has 0 radical (unpaired) electrons. The first-order chi connectivity index (χ1) is 15.1. The quantitative estimate of drug-likeness (QED) is 0.347. The molecule has 0 aliphatic carbocycles. The maximum atomic E-state index is 13.6. The van der Waals surface area contributed by atoms with Crippen molar-refractivity contribution in [2.75, 3.05) is 5.32 Å². The number of aromatic nitrogens is 1. The van der Waals surface area contributed by atoms with Gasteiger partial charge in [-0.1, -0.05) is 60.2 Å². The SMILES string of the molecule is Cc1ccc([C@@H]2c3cccn3-c3ccccc3CN2C(=O)Nc2ccccc2Br)cc1. The molecule has 2 amide bonds. The minimum absolute atomic E-state index is 0.137. The van der Waals surface area contributed by atoms with Crippen LogP contribution in [0.15, 0.2) is 95.6 Å². The number of para-hydroxylation sites is 2. The van der Waals surface area contributed by atoms with Crippen LogP contribution in [0.25, 0.3) is 5.69 Å². The predicted octanol–water partition coefficient (Wildman–Crippen LogP) is 6.69. The molecule has 5 heteroatoms. The van der Waals surface area contributed by atoms with Crippen molar-refractivity contribution in [1.82, 2.24) is 9.47 Å². The number of hydrogen-bond donors (Lipinski definition) is 1. The number of rotatable bonds is 2. The third kappa shape index (κ3) is 3.66. The maximum Gasteiger partial charge on any atom is 0.323 e. The molecule has 1 N–H and O–H groups in total. The first-order valence-corrected chi connectivity index (χ1v) is 11.1. The molecule has 4 aromatic rings. The number of aryl methyl sites for hydroxylation is 1. The summed E-state index contributed by atoms with van der Waals surface area (Å²) in [4.78, 5) is 15.6. The zero-order valence-corrected chi connectivity index (χ0v) is 18.7. The van der Waals surface area contributed by atoms with Crippen LogP contribution in [0.2, 0.25) is 0 Å². The number of amides is 2. The fraction of sp³-hybridized carbons (Fsp3) is 0.115. The molecule has 154 valence electrons. The highest BCUT2D eigenvalue weighted by Crippen LogP contribution is 2.37.